The SMILES string of the molecule is CC[C@@H]1c2nnc(C)n2-c2cnc(-n3ccnc3C3=CCOCC3)nc2N1C1CCCC1. The predicted molar refractivity (Wildman–Crippen MR) is 120 cm³/mol. The average molecular weight is 433 g/mol. The van der Waals surface area contributed by atoms with Gasteiger partial charge in [0.05, 0.1) is 25.5 Å². The maximum atomic E-state index is 5.48. The van der Waals surface area contributed by atoms with Gasteiger partial charge in [-0.15, -0.1) is 10.2 Å². The minimum atomic E-state index is 0.162. The molecule has 1 fully saturated rings. The number of rotatable bonds is 4. The summed E-state index contributed by atoms with van der Waals surface area (Å²) in [6.45, 7) is 5.56. The summed E-state index contributed by atoms with van der Waals surface area (Å²) in [5.41, 5.74) is 2.15. The number of aromatic nitrogens is 7. The van der Waals surface area contributed by atoms with Crippen LogP contribution in [0.15, 0.2) is 24.7 Å². The van der Waals surface area contributed by atoms with E-state index in [4.69, 9.17) is 14.7 Å². The highest BCUT2D eigenvalue weighted by molar-refractivity contribution is 5.65. The molecule has 5 heterocycles. The summed E-state index contributed by atoms with van der Waals surface area (Å²) < 4.78 is 9.62. The molecule has 9 heteroatoms. The molecule has 0 spiro atoms. The van der Waals surface area contributed by atoms with Crippen molar-refractivity contribution in [2.75, 3.05) is 18.1 Å². The van der Waals surface area contributed by atoms with Crippen LogP contribution in [0.5, 0.6) is 0 Å². The Kier molecular flexibility index (Phi) is 4.78. The number of imidazole rings is 1. The highest BCUT2D eigenvalue weighted by Gasteiger charge is 2.39. The fourth-order valence-electron chi connectivity index (χ4n) is 5.41. The summed E-state index contributed by atoms with van der Waals surface area (Å²) >= 11 is 0. The van der Waals surface area contributed by atoms with Crippen molar-refractivity contribution in [1.29, 1.82) is 0 Å². The van der Waals surface area contributed by atoms with E-state index in [9.17, 15) is 0 Å². The molecule has 0 aromatic carbocycles. The molecule has 9 nitrogen and oxygen atoms in total. The Morgan fingerprint density at radius 1 is 1.16 bits per heavy atom. The van der Waals surface area contributed by atoms with Crippen molar-refractivity contribution in [2.45, 2.75) is 64.5 Å². The second kappa shape index (κ2) is 7.81. The van der Waals surface area contributed by atoms with Crippen molar-refractivity contribution in [3.05, 3.63) is 42.1 Å². The topological polar surface area (TPSA) is 86.8 Å². The van der Waals surface area contributed by atoms with Crippen molar-refractivity contribution in [3.8, 4) is 11.6 Å². The van der Waals surface area contributed by atoms with E-state index in [2.05, 4.69) is 37.6 Å². The van der Waals surface area contributed by atoms with Crippen LogP contribution in [-0.4, -0.2) is 53.5 Å². The third-order valence-electron chi connectivity index (χ3n) is 6.92. The van der Waals surface area contributed by atoms with Gasteiger partial charge in [-0.25, -0.2) is 9.97 Å². The molecule has 0 bridgehead atoms. The lowest BCUT2D eigenvalue weighted by molar-refractivity contribution is 0.161. The van der Waals surface area contributed by atoms with Crippen LogP contribution in [0.2, 0.25) is 0 Å². The van der Waals surface area contributed by atoms with E-state index in [0.717, 1.165) is 41.8 Å². The third-order valence-corrected chi connectivity index (χ3v) is 6.92. The largest absolute Gasteiger partial charge is 0.377 e. The van der Waals surface area contributed by atoms with Crippen LogP contribution in [-0.2, 0) is 4.74 Å². The number of fused-ring (bicyclic) bond motifs is 3. The summed E-state index contributed by atoms with van der Waals surface area (Å²) in [6.07, 6.45) is 14.5. The van der Waals surface area contributed by atoms with Gasteiger partial charge in [0.15, 0.2) is 11.6 Å². The summed E-state index contributed by atoms with van der Waals surface area (Å²) in [6, 6.07) is 0.627. The van der Waals surface area contributed by atoms with Gasteiger partial charge < -0.3 is 9.64 Å². The zero-order valence-electron chi connectivity index (χ0n) is 18.6. The molecule has 0 saturated heterocycles. The lowest BCUT2D eigenvalue weighted by Crippen LogP contribution is -2.42. The number of aryl methyl sites for hydroxylation is 1. The zero-order chi connectivity index (χ0) is 21.7. The third kappa shape index (κ3) is 2.98. The number of ether oxygens (including phenoxy) is 1. The molecule has 2 aliphatic heterocycles. The quantitative estimate of drug-likeness (QED) is 0.623. The Balaban J connectivity index is 1.51. The normalized spacial score (nSPS) is 20.9. The summed E-state index contributed by atoms with van der Waals surface area (Å²) in [4.78, 5) is 17.0. The van der Waals surface area contributed by atoms with Crippen LogP contribution >= 0.6 is 0 Å². The molecule has 32 heavy (non-hydrogen) atoms. The molecule has 0 N–H and O–H groups in total. The first-order valence-electron chi connectivity index (χ1n) is 11.6. The van der Waals surface area contributed by atoms with Gasteiger partial charge in [-0.3, -0.25) is 9.13 Å². The Bertz CT molecular complexity index is 1170. The highest BCUT2D eigenvalue weighted by Crippen LogP contribution is 2.43. The first kappa shape index (κ1) is 19.6. The van der Waals surface area contributed by atoms with Gasteiger partial charge in [0.2, 0.25) is 5.95 Å². The van der Waals surface area contributed by atoms with Gasteiger partial charge in [-0.2, -0.15) is 4.98 Å². The minimum absolute atomic E-state index is 0.162. The molecule has 0 radical (unpaired) electrons. The van der Waals surface area contributed by atoms with E-state index >= 15 is 0 Å². The van der Waals surface area contributed by atoms with Crippen LogP contribution in [0.1, 0.15) is 69.0 Å². The second-order valence-electron chi connectivity index (χ2n) is 8.76. The smallest absolute Gasteiger partial charge is 0.237 e. The van der Waals surface area contributed by atoms with E-state index in [1.165, 1.54) is 31.3 Å². The molecular weight excluding hydrogens is 404 g/mol. The molecule has 3 aromatic rings. The van der Waals surface area contributed by atoms with Gasteiger partial charge in [0, 0.05) is 18.4 Å². The van der Waals surface area contributed by atoms with Crippen LogP contribution in [0, 0.1) is 6.92 Å². The molecule has 0 unspecified atom stereocenters. The standard InChI is InChI=1S/C23H28N8O/c1-3-18-22-28-27-15(2)30(22)19-14-25-23(26-21(19)31(18)17-6-4-5-7-17)29-11-10-24-20(29)16-8-12-32-13-9-16/h8,10-11,14,17-18H,3-7,9,12-13H2,1-2H3/t18-/m1/s1. The van der Waals surface area contributed by atoms with Gasteiger partial charge >= 0.3 is 0 Å². The number of hydrogen-bond donors (Lipinski definition) is 0. The van der Waals surface area contributed by atoms with E-state index in [1.807, 2.05) is 30.1 Å². The van der Waals surface area contributed by atoms with Gasteiger partial charge in [0.1, 0.15) is 17.3 Å². The molecule has 166 valence electrons. The molecule has 3 aromatic heterocycles. The lowest BCUT2D eigenvalue weighted by Gasteiger charge is -2.41. The monoisotopic (exact) mass is 432 g/mol. The van der Waals surface area contributed by atoms with E-state index in [1.54, 1.807) is 0 Å². The fourth-order valence-corrected chi connectivity index (χ4v) is 5.41. The maximum Gasteiger partial charge on any atom is 0.237 e. The highest BCUT2D eigenvalue weighted by atomic mass is 16.5. The first-order valence-corrected chi connectivity index (χ1v) is 11.6. The fraction of sp³-hybridized carbons (Fsp3) is 0.522. The minimum Gasteiger partial charge on any atom is -0.377 e. The van der Waals surface area contributed by atoms with Crippen molar-refractivity contribution >= 4 is 11.4 Å². The average Bonchev–Trinajstić information content (AvgIpc) is 3.60. The van der Waals surface area contributed by atoms with Crippen LogP contribution in [0.4, 0.5) is 5.82 Å². The zero-order valence-corrected chi connectivity index (χ0v) is 18.6. The molecule has 1 saturated carbocycles. The van der Waals surface area contributed by atoms with Crippen LogP contribution in [0.25, 0.3) is 17.2 Å². The van der Waals surface area contributed by atoms with Crippen LogP contribution < -0.4 is 4.90 Å². The summed E-state index contributed by atoms with van der Waals surface area (Å²) in [7, 11) is 0. The lowest BCUT2D eigenvalue weighted by atomic mass is 10.0. The van der Waals surface area contributed by atoms with Crippen molar-refractivity contribution in [3.63, 3.8) is 0 Å². The van der Waals surface area contributed by atoms with Crippen molar-refractivity contribution in [2.24, 2.45) is 0 Å². The number of anilines is 1. The van der Waals surface area contributed by atoms with E-state index < -0.39 is 0 Å². The number of hydrogen-bond acceptors (Lipinski definition) is 7. The van der Waals surface area contributed by atoms with Gasteiger partial charge in [-0.05, 0) is 38.2 Å². The van der Waals surface area contributed by atoms with Crippen LogP contribution in [0.3, 0.4) is 0 Å². The van der Waals surface area contributed by atoms with E-state index in [0.29, 0.717) is 25.2 Å². The molecule has 1 aliphatic carbocycles. The summed E-state index contributed by atoms with van der Waals surface area (Å²) in [5, 5.41) is 8.96. The van der Waals surface area contributed by atoms with Gasteiger partial charge in [0.25, 0.3) is 0 Å². The predicted octanol–water partition coefficient (Wildman–Crippen LogP) is 3.57. The maximum absolute atomic E-state index is 5.48. The Hall–Kier alpha value is -3.07. The molecule has 3 aliphatic rings. The second-order valence-corrected chi connectivity index (χ2v) is 8.76. The van der Waals surface area contributed by atoms with Crippen molar-refractivity contribution in [1.82, 2.24) is 34.3 Å². The summed E-state index contributed by atoms with van der Waals surface area (Å²) in [5.74, 6) is 4.39. The van der Waals surface area contributed by atoms with Gasteiger partial charge in [-0.1, -0.05) is 25.8 Å². The number of nitrogens with zero attached hydrogens (tertiary/aromatic N) is 8. The molecular formula is C23H28N8O. The molecule has 1 atom stereocenters. The first-order chi connectivity index (χ1) is 15.8. The van der Waals surface area contributed by atoms with E-state index in [-0.39, 0.29) is 6.04 Å². The Morgan fingerprint density at radius 2 is 2.03 bits per heavy atom. The van der Waals surface area contributed by atoms with Crippen molar-refractivity contribution < 1.29 is 4.74 Å². The molecule has 6 rings (SSSR count). The Morgan fingerprint density at radius 3 is 2.81 bits per heavy atom. The Labute approximate surface area is 187 Å². The molecule has 0 amide bonds.